The van der Waals surface area contributed by atoms with Crippen molar-refractivity contribution in [3.63, 3.8) is 0 Å². The summed E-state index contributed by atoms with van der Waals surface area (Å²) in [5.41, 5.74) is 6.39. The summed E-state index contributed by atoms with van der Waals surface area (Å²) in [6.45, 7) is 6.80. The fourth-order valence-electron chi connectivity index (χ4n) is 3.10. The predicted molar refractivity (Wildman–Crippen MR) is 75.9 cm³/mol. The van der Waals surface area contributed by atoms with Gasteiger partial charge in [-0.2, -0.15) is 0 Å². The molecule has 1 atom stereocenters. The molecular formula is C17H24. The first kappa shape index (κ1) is 12.4. The predicted octanol–water partition coefficient (Wildman–Crippen LogP) is 5.35. The Labute approximate surface area is 106 Å². The van der Waals surface area contributed by atoms with Crippen molar-refractivity contribution >= 4 is 0 Å². The van der Waals surface area contributed by atoms with Crippen molar-refractivity contribution < 1.29 is 0 Å². The molecule has 2 aliphatic carbocycles. The van der Waals surface area contributed by atoms with Gasteiger partial charge in [-0.3, -0.25) is 0 Å². The van der Waals surface area contributed by atoms with Crippen molar-refractivity contribution in [2.75, 3.05) is 0 Å². The monoisotopic (exact) mass is 228 g/mol. The molecule has 0 aromatic heterocycles. The maximum atomic E-state index is 2.41. The second-order valence-corrected chi connectivity index (χ2v) is 5.15. The van der Waals surface area contributed by atoms with E-state index in [1.165, 1.54) is 37.7 Å². The average molecular weight is 228 g/mol. The van der Waals surface area contributed by atoms with Gasteiger partial charge < -0.3 is 0 Å². The summed E-state index contributed by atoms with van der Waals surface area (Å²) in [6.07, 6.45) is 15.6. The van der Waals surface area contributed by atoms with Crippen LogP contribution in [0.5, 0.6) is 0 Å². The van der Waals surface area contributed by atoms with Gasteiger partial charge in [0.25, 0.3) is 0 Å². The Hall–Kier alpha value is -1.04. The Balaban J connectivity index is 2.31. The molecule has 2 rings (SSSR count). The van der Waals surface area contributed by atoms with Crippen LogP contribution in [0.15, 0.2) is 46.6 Å². The molecule has 0 aromatic carbocycles. The summed E-state index contributed by atoms with van der Waals surface area (Å²) in [6, 6.07) is 0. The van der Waals surface area contributed by atoms with Crippen LogP contribution in [0.3, 0.4) is 0 Å². The van der Waals surface area contributed by atoms with E-state index in [0.717, 1.165) is 0 Å². The lowest BCUT2D eigenvalue weighted by molar-refractivity contribution is 0.636. The van der Waals surface area contributed by atoms with E-state index in [1.807, 2.05) is 0 Å². The molecule has 0 amide bonds. The van der Waals surface area contributed by atoms with Gasteiger partial charge in [0.2, 0.25) is 0 Å². The molecule has 0 nitrogen and oxygen atoms in total. The number of hydrogen-bond acceptors (Lipinski definition) is 0. The zero-order chi connectivity index (χ0) is 12.3. The lowest BCUT2D eigenvalue weighted by Crippen LogP contribution is -2.13. The lowest BCUT2D eigenvalue weighted by atomic mass is 9.77. The van der Waals surface area contributed by atoms with Crippen LogP contribution in [0.1, 0.15) is 52.9 Å². The first-order chi connectivity index (χ1) is 8.26. The summed E-state index contributed by atoms with van der Waals surface area (Å²) in [4.78, 5) is 0. The smallest absolute Gasteiger partial charge is 0.00507 e. The molecule has 0 aromatic rings. The Kier molecular flexibility index (Phi) is 4.04. The molecule has 0 heteroatoms. The lowest BCUT2D eigenvalue weighted by Gasteiger charge is -2.28. The molecule has 0 aliphatic heterocycles. The Morgan fingerprint density at radius 3 is 2.76 bits per heavy atom. The average Bonchev–Trinajstić information content (AvgIpc) is 2.38. The van der Waals surface area contributed by atoms with Crippen molar-refractivity contribution in [1.29, 1.82) is 0 Å². The van der Waals surface area contributed by atoms with E-state index in [9.17, 15) is 0 Å². The number of hydrogen-bond donors (Lipinski definition) is 0. The van der Waals surface area contributed by atoms with Crippen LogP contribution in [0.2, 0.25) is 0 Å². The third kappa shape index (κ3) is 2.62. The third-order valence-electron chi connectivity index (χ3n) is 4.06. The fraction of sp³-hybridized carbons (Fsp3) is 0.529. The quantitative estimate of drug-likeness (QED) is 0.611. The van der Waals surface area contributed by atoms with E-state index in [4.69, 9.17) is 0 Å². The first-order valence-electron chi connectivity index (χ1n) is 7.02. The summed E-state index contributed by atoms with van der Waals surface area (Å²) >= 11 is 0. The van der Waals surface area contributed by atoms with Crippen LogP contribution in [0.25, 0.3) is 0 Å². The molecule has 17 heavy (non-hydrogen) atoms. The Bertz CT molecular complexity index is 402. The zero-order valence-electron chi connectivity index (χ0n) is 11.4. The van der Waals surface area contributed by atoms with Gasteiger partial charge in [-0.1, -0.05) is 54.9 Å². The van der Waals surface area contributed by atoms with Crippen molar-refractivity contribution in [3.05, 3.63) is 46.6 Å². The Morgan fingerprint density at radius 2 is 2.06 bits per heavy atom. The van der Waals surface area contributed by atoms with Crippen molar-refractivity contribution in [3.8, 4) is 0 Å². The van der Waals surface area contributed by atoms with Crippen LogP contribution in [-0.4, -0.2) is 0 Å². The molecule has 0 bridgehead atoms. The highest BCUT2D eigenvalue weighted by molar-refractivity contribution is 5.39. The molecule has 0 radical (unpaired) electrons. The van der Waals surface area contributed by atoms with E-state index >= 15 is 0 Å². The molecule has 0 saturated heterocycles. The van der Waals surface area contributed by atoms with Gasteiger partial charge in [-0.15, -0.1) is 0 Å². The van der Waals surface area contributed by atoms with E-state index in [0.29, 0.717) is 5.92 Å². The summed E-state index contributed by atoms with van der Waals surface area (Å²) in [5, 5.41) is 0. The van der Waals surface area contributed by atoms with Crippen molar-refractivity contribution in [2.24, 2.45) is 5.92 Å². The minimum absolute atomic E-state index is 0.698. The third-order valence-corrected chi connectivity index (χ3v) is 4.06. The SMILES string of the molecule is CCC1=CC(C)=CCC1C1=C(CC)C=CCC1. The maximum Gasteiger partial charge on any atom is 0.00507 e. The summed E-state index contributed by atoms with van der Waals surface area (Å²) in [5.74, 6) is 0.698. The van der Waals surface area contributed by atoms with Crippen LogP contribution in [0.4, 0.5) is 0 Å². The molecule has 0 N–H and O–H groups in total. The number of rotatable bonds is 3. The topological polar surface area (TPSA) is 0 Å². The van der Waals surface area contributed by atoms with Gasteiger partial charge >= 0.3 is 0 Å². The second-order valence-electron chi connectivity index (χ2n) is 5.15. The van der Waals surface area contributed by atoms with Crippen LogP contribution >= 0.6 is 0 Å². The van der Waals surface area contributed by atoms with Crippen LogP contribution in [0, 0.1) is 5.92 Å². The first-order valence-corrected chi connectivity index (χ1v) is 7.02. The van der Waals surface area contributed by atoms with Gasteiger partial charge in [0.05, 0.1) is 0 Å². The largest absolute Gasteiger partial charge is 0.0839 e. The van der Waals surface area contributed by atoms with Crippen LogP contribution < -0.4 is 0 Å². The van der Waals surface area contributed by atoms with Crippen LogP contribution in [-0.2, 0) is 0 Å². The van der Waals surface area contributed by atoms with Crippen molar-refractivity contribution in [1.82, 2.24) is 0 Å². The highest BCUT2D eigenvalue weighted by Gasteiger charge is 2.22. The minimum Gasteiger partial charge on any atom is -0.0839 e. The molecule has 2 aliphatic rings. The minimum atomic E-state index is 0.698. The van der Waals surface area contributed by atoms with E-state index in [2.05, 4.69) is 45.1 Å². The van der Waals surface area contributed by atoms with Gasteiger partial charge in [-0.25, -0.2) is 0 Å². The standard InChI is InChI=1S/C17H24/c1-4-14-8-6-7-9-16(14)17-11-10-13(3)12-15(17)5-2/h6,8,10,12,17H,4-5,7,9,11H2,1-3H3. The molecule has 0 saturated carbocycles. The van der Waals surface area contributed by atoms with Crippen molar-refractivity contribution in [2.45, 2.75) is 52.9 Å². The molecule has 92 valence electrons. The van der Waals surface area contributed by atoms with Gasteiger partial charge in [-0.05, 0) is 44.6 Å². The normalized spacial score (nSPS) is 24.8. The molecule has 1 unspecified atom stereocenters. The fourth-order valence-corrected chi connectivity index (χ4v) is 3.10. The van der Waals surface area contributed by atoms with Gasteiger partial charge in [0.15, 0.2) is 0 Å². The molecule has 0 fully saturated rings. The number of allylic oxidation sites excluding steroid dienone is 8. The molecular weight excluding hydrogens is 204 g/mol. The van der Waals surface area contributed by atoms with E-state index < -0.39 is 0 Å². The second kappa shape index (κ2) is 5.53. The highest BCUT2D eigenvalue weighted by atomic mass is 14.3. The van der Waals surface area contributed by atoms with E-state index in [-0.39, 0.29) is 0 Å². The van der Waals surface area contributed by atoms with Gasteiger partial charge in [0.1, 0.15) is 0 Å². The maximum absolute atomic E-state index is 2.41. The summed E-state index contributed by atoms with van der Waals surface area (Å²) < 4.78 is 0. The summed E-state index contributed by atoms with van der Waals surface area (Å²) in [7, 11) is 0. The van der Waals surface area contributed by atoms with Gasteiger partial charge in [0, 0.05) is 5.92 Å². The Morgan fingerprint density at radius 1 is 1.24 bits per heavy atom. The highest BCUT2D eigenvalue weighted by Crippen LogP contribution is 2.38. The zero-order valence-corrected chi connectivity index (χ0v) is 11.4. The van der Waals surface area contributed by atoms with E-state index in [1.54, 1.807) is 16.7 Å². The molecule has 0 heterocycles. The molecule has 0 spiro atoms.